The van der Waals surface area contributed by atoms with Crippen molar-refractivity contribution in [2.45, 2.75) is 31.4 Å². The zero-order valence-corrected chi connectivity index (χ0v) is 8.72. The van der Waals surface area contributed by atoms with E-state index in [2.05, 4.69) is 4.98 Å². The van der Waals surface area contributed by atoms with Gasteiger partial charge in [-0.1, -0.05) is 0 Å². The molecular formula is C11H10F5N. The Morgan fingerprint density at radius 1 is 1.18 bits per heavy atom. The highest BCUT2D eigenvalue weighted by Crippen LogP contribution is 2.52. The van der Waals surface area contributed by atoms with Crippen LogP contribution in [0.25, 0.3) is 0 Å². The SMILES string of the molecule is FC(F)c1ccncc1[C@@H](C1CC1)C(F)(F)F. The average molecular weight is 251 g/mol. The van der Waals surface area contributed by atoms with Gasteiger partial charge in [0.05, 0.1) is 5.92 Å². The highest BCUT2D eigenvalue weighted by Gasteiger charge is 2.50. The molecule has 0 radical (unpaired) electrons. The fourth-order valence-corrected chi connectivity index (χ4v) is 2.00. The van der Waals surface area contributed by atoms with Crippen LogP contribution in [0.1, 0.15) is 36.3 Å². The van der Waals surface area contributed by atoms with Crippen LogP contribution in [0.5, 0.6) is 0 Å². The van der Waals surface area contributed by atoms with E-state index in [1.807, 2.05) is 0 Å². The van der Waals surface area contributed by atoms with Crippen LogP contribution in [-0.4, -0.2) is 11.2 Å². The molecule has 0 bridgehead atoms. The van der Waals surface area contributed by atoms with Crippen LogP contribution in [0.3, 0.4) is 0 Å². The first-order valence-corrected chi connectivity index (χ1v) is 5.20. The number of hydrogen-bond acceptors (Lipinski definition) is 1. The van der Waals surface area contributed by atoms with Crippen molar-refractivity contribution < 1.29 is 22.0 Å². The lowest BCUT2D eigenvalue weighted by atomic mass is 9.91. The lowest BCUT2D eigenvalue weighted by Crippen LogP contribution is -2.24. The molecule has 1 saturated carbocycles. The van der Waals surface area contributed by atoms with E-state index in [4.69, 9.17) is 0 Å². The van der Waals surface area contributed by atoms with Crippen molar-refractivity contribution in [3.05, 3.63) is 29.6 Å². The molecule has 1 aromatic heterocycles. The largest absolute Gasteiger partial charge is 0.396 e. The van der Waals surface area contributed by atoms with Crippen LogP contribution in [-0.2, 0) is 0 Å². The predicted octanol–water partition coefficient (Wildman–Crippen LogP) is 4.08. The van der Waals surface area contributed by atoms with Crippen molar-refractivity contribution in [2.24, 2.45) is 5.92 Å². The monoisotopic (exact) mass is 251 g/mol. The molecule has 94 valence electrons. The van der Waals surface area contributed by atoms with E-state index in [0.29, 0.717) is 12.8 Å². The summed E-state index contributed by atoms with van der Waals surface area (Å²) in [5, 5.41) is 0. The van der Waals surface area contributed by atoms with Crippen molar-refractivity contribution in [1.29, 1.82) is 0 Å². The molecule has 0 saturated heterocycles. The maximum atomic E-state index is 12.9. The van der Waals surface area contributed by atoms with Crippen LogP contribution in [0, 0.1) is 5.92 Å². The molecule has 17 heavy (non-hydrogen) atoms. The van der Waals surface area contributed by atoms with Gasteiger partial charge in [0.1, 0.15) is 0 Å². The second kappa shape index (κ2) is 4.23. The van der Waals surface area contributed by atoms with Crippen molar-refractivity contribution in [2.75, 3.05) is 0 Å². The third-order valence-corrected chi connectivity index (χ3v) is 2.90. The van der Waals surface area contributed by atoms with Crippen LogP contribution in [0.4, 0.5) is 22.0 Å². The second-order valence-corrected chi connectivity index (χ2v) is 4.16. The number of halogens is 5. The summed E-state index contributed by atoms with van der Waals surface area (Å²) in [4.78, 5) is 3.54. The van der Waals surface area contributed by atoms with Crippen LogP contribution < -0.4 is 0 Å². The first-order chi connectivity index (χ1) is 7.91. The Balaban J connectivity index is 2.42. The van der Waals surface area contributed by atoms with E-state index < -0.39 is 30.0 Å². The summed E-state index contributed by atoms with van der Waals surface area (Å²) < 4.78 is 63.9. The van der Waals surface area contributed by atoms with Gasteiger partial charge in [0, 0.05) is 18.0 Å². The van der Waals surface area contributed by atoms with Crippen LogP contribution in [0.15, 0.2) is 18.5 Å². The maximum Gasteiger partial charge on any atom is 0.396 e. The maximum absolute atomic E-state index is 12.9. The molecule has 0 N–H and O–H groups in total. The topological polar surface area (TPSA) is 12.9 Å². The Kier molecular flexibility index (Phi) is 3.05. The molecule has 1 heterocycles. The number of pyridine rings is 1. The first kappa shape index (κ1) is 12.3. The van der Waals surface area contributed by atoms with Crippen molar-refractivity contribution in [3.63, 3.8) is 0 Å². The smallest absolute Gasteiger partial charge is 0.264 e. The van der Waals surface area contributed by atoms with Gasteiger partial charge in [0.2, 0.25) is 0 Å². The average Bonchev–Trinajstić information content (AvgIpc) is 3.00. The Bertz CT molecular complexity index is 397. The summed E-state index contributed by atoms with van der Waals surface area (Å²) in [7, 11) is 0. The van der Waals surface area contributed by atoms with Gasteiger partial charge >= 0.3 is 6.18 Å². The van der Waals surface area contributed by atoms with Crippen LogP contribution in [0.2, 0.25) is 0 Å². The summed E-state index contributed by atoms with van der Waals surface area (Å²) in [6, 6.07) is 0.959. The summed E-state index contributed by atoms with van der Waals surface area (Å²) in [6.45, 7) is 0. The van der Waals surface area contributed by atoms with Gasteiger partial charge in [0.25, 0.3) is 6.43 Å². The van der Waals surface area contributed by atoms with E-state index >= 15 is 0 Å². The molecule has 0 unspecified atom stereocenters. The zero-order valence-electron chi connectivity index (χ0n) is 8.72. The van der Waals surface area contributed by atoms with Gasteiger partial charge in [0.15, 0.2) is 0 Å². The third-order valence-electron chi connectivity index (χ3n) is 2.90. The molecule has 0 spiro atoms. The molecule has 0 aromatic carbocycles. The molecule has 1 aliphatic carbocycles. The molecule has 1 aliphatic rings. The molecule has 1 aromatic rings. The van der Waals surface area contributed by atoms with Gasteiger partial charge in [-0.3, -0.25) is 4.98 Å². The quantitative estimate of drug-likeness (QED) is 0.738. The summed E-state index contributed by atoms with van der Waals surface area (Å²) in [5.74, 6) is -2.38. The highest BCUT2D eigenvalue weighted by atomic mass is 19.4. The summed E-state index contributed by atoms with van der Waals surface area (Å²) in [6.07, 6.45) is -4.53. The minimum atomic E-state index is -4.49. The van der Waals surface area contributed by atoms with Crippen LogP contribution >= 0.6 is 0 Å². The van der Waals surface area contributed by atoms with Gasteiger partial charge in [-0.2, -0.15) is 13.2 Å². The fraction of sp³-hybridized carbons (Fsp3) is 0.545. The van der Waals surface area contributed by atoms with Gasteiger partial charge in [-0.15, -0.1) is 0 Å². The molecular weight excluding hydrogens is 241 g/mol. The number of hydrogen-bond donors (Lipinski definition) is 0. The number of aromatic nitrogens is 1. The summed E-state index contributed by atoms with van der Waals surface area (Å²) in [5.41, 5.74) is -0.938. The van der Waals surface area contributed by atoms with E-state index in [9.17, 15) is 22.0 Å². The molecule has 1 fully saturated rings. The lowest BCUT2D eigenvalue weighted by molar-refractivity contribution is -0.155. The Morgan fingerprint density at radius 2 is 1.82 bits per heavy atom. The molecule has 6 heteroatoms. The van der Waals surface area contributed by atoms with Crippen molar-refractivity contribution in [1.82, 2.24) is 4.98 Å². The van der Waals surface area contributed by atoms with E-state index in [1.165, 1.54) is 0 Å². The minimum absolute atomic E-state index is 0.377. The third kappa shape index (κ3) is 2.56. The highest BCUT2D eigenvalue weighted by molar-refractivity contribution is 5.31. The minimum Gasteiger partial charge on any atom is -0.264 e. The first-order valence-electron chi connectivity index (χ1n) is 5.20. The fourth-order valence-electron chi connectivity index (χ4n) is 2.00. The number of alkyl halides is 5. The Hall–Kier alpha value is -1.20. The predicted molar refractivity (Wildman–Crippen MR) is 50.7 cm³/mol. The molecule has 1 atom stereocenters. The Labute approximate surface area is 94.7 Å². The molecule has 1 nitrogen and oxygen atoms in total. The van der Waals surface area contributed by atoms with E-state index in [1.54, 1.807) is 0 Å². The molecule has 0 aliphatic heterocycles. The van der Waals surface area contributed by atoms with Gasteiger partial charge in [-0.25, -0.2) is 8.78 Å². The van der Waals surface area contributed by atoms with E-state index in [0.717, 1.165) is 18.5 Å². The zero-order chi connectivity index (χ0) is 12.6. The number of rotatable bonds is 3. The van der Waals surface area contributed by atoms with E-state index in [-0.39, 0.29) is 5.56 Å². The lowest BCUT2D eigenvalue weighted by Gasteiger charge is -2.22. The molecule has 0 amide bonds. The van der Waals surface area contributed by atoms with Crippen molar-refractivity contribution >= 4 is 0 Å². The second-order valence-electron chi connectivity index (χ2n) is 4.16. The standard InChI is InChI=1S/C11H10F5N/c12-10(13)7-3-4-17-5-8(7)9(6-1-2-6)11(14,15)16/h3-6,9-10H,1-2H2/t9-/m1/s1. The van der Waals surface area contributed by atoms with Crippen molar-refractivity contribution in [3.8, 4) is 0 Å². The molecule has 2 rings (SSSR count). The summed E-state index contributed by atoms with van der Waals surface area (Å²) >= 11 is 0. The normalized spacial score (nSPS) is 18.5. The van der Waals surface area contributed by atoms with Gasteiger partial charge in [-0.05, 0) is 30.4 Å². The Morgan fingerprint density at radius 3 is 2.29 bits per heavy atom. The number of nitrogens with zero attached hydrogens (tertiary/aromatic N) is 1. The van der Waals surface area contributed by atoms with Gasteiger partial charge < -0.3 is 0 Å².